The average molecular weight is 356 g/mol. The first-order valence-electron chi connectivity index (χ1n) is 7.61. The summed E-state index contributed by atoms with van der Waals surface area (Å²) in [6.07, 6.45) is 0. The fraction of sp³-hybridized carbons (Fsp3) is 0.176. The van der Waals surface area contributed by atoms with Gasteiger partial charge in [-0.1, -0.05) is 19.9 Å². The van der Waals surface area contributed by atoms with Gasteiger partial charge in [0.1, 0.15) is 9.71 Å². The van der Waals surface area contributed by atoms with Crippen LogP contribution in [0.3, 0.4) is 0 Å². The van der Waals surface area contributed by atoms with Gasteiger partial charge in [-0.15, -0.1) is 11.3 Å². The number of benzene rings is 1. The molecule has 0 bridgehead atoms. The number of nitrogens with one attached hydrogen (secondary N) is 1. The van der Waals surface area contributed by atoms with Crippen LogP contribution in [-0.4, -0.2) is 15.8 Å². The van der Waals surface area contributed by atoms with Gasteiger partial charge in [-0.25, -0.2) is 4.98 Å². The van der Waals surface area contributed by atoms with Crippen molar-refractivity contribution in [1.29, 1.82) is 0 Å². The zero-order valence-corrected chi connectivity index (χ0v) is 14.5. The number of thiophene rings is 1. The molecule has 0 radical (unpaired) electrons. The number of hydrogen-bond donors (Lipinski definition) is 2. The predicted octanol–water partition coefficient (Wildman–Crippen LogP) is 4.16. The molecule has 2 aromatic heterocycles. The Morgan fingerprint density at radius 3 is 2.76 bits per heavy atom. The molecule has 128 valence electrons. The summed E-state index contributed by atoms with van der Waals surface area (Å²) in [5.41, 5.74) is 7.64. The van der Waals surface area contributed by atoms with Crippen molar-refractivity contribution in [1.82, 2.24) is 4.98 Å². The van der Waals surface area contributed by atoms with E-state index in [-0.39, 0.29) is 11.6 Å². The quantitative estimate of drug-likeness (QED) is 0.538. The largest absolute Gasteiger partial charge is 0.397 e. The molecule has 0 saturated carbocycles. The minimum Gasteiger partial charge on any atom is -0.397 e. The van der Waals surface area contributed by atoms with E-state index in [4.69, 9.17) is 5.73 Å². The molecule has 0 unspecified atom stereocenters. The molecule has 0 aliphatic heterocycles. The Balaban J connectivity index is 1.93. The number of aromatic nitrogens is 1. The number of nitro benzene ring substituents is 1. The first-order valence-corrected chi connectivity index (χ1v) is 8.43. The molecule has 25 heavy (non-hydrogen) atoms. The molecule has 1 aromatic carbocycles. The van der Waals surface area contributed by atoms with Crippen molar-refractivity contribution in [2.75, 3.05) is 11.1 Å². The molecule has 2 heterocycles. The molecule has 0 atom stereocenters. The second-order valence-corrected chi connectivity index (χ2v) is 6.85. The Labute approximate surface area is 147 Å². The molecular formula is C17H16N4O3S. The zero-order valence-electron chi connectivity index (χ0n) is 13.6. The van der Waals surface area contributed by atoms with Gasteiger partial charge in [0.2, 0.25) is 0 Å². The van der Waals surface area contributed by atoms with Crippen molar-refractivity contribution in [2.24, 2.45) is 0 Å². The standard InChI is InChI=1S/C17H16N4O3S/c1-9(2)13-7-6-12-14(18)15(25-17(12)20-13)16(22)19-10-4-3-5-11(8-10)21(23)24/h3-9H,18H2,1-2H3,(H,19,22). The van der Waals surface area contributed by atoms with Crippen LogP contribution >= 0.6 is 11.3 Å². The summed E-state index contributed by atoms with van der Waals surface area (Å²) in [4.78, 5) is 28.4. The molecule has 0 saturated heterocycles. The van der Waals surface area contributed by atoms with E-state index in [2.05, 4.69) is 10.3 Å². The number of carbonyl (C=O) groups is 1. The molecule has 7 nitrogen and oxygen atoms in total. The summed E-state index contributed by atoms with van der Waals surface area (Å²) >= 11 is 1.21. The number of rotatable bonds is 4. The zero-order chi connectivity index (χ0) is 18.1. The molecule has 3 rings (SSSR count). The van der Waals surface area contributed by atoms with E-state index in [0.717, 1.165) is 11.1 Å². The lowest BCUT2D eigenvalue weighted by atomic mass is 10.1. The monoisotopic (exact) mass is 356 g/mol. The third-order valence-electron chi connectivity index (χ3n) is 3.73. The normalized spacial score (nSPS) is 11.0. The number of nitrogens with zero attached hydrogens (tertiary/aromatic N) is 2. The van der Waals surface area contributed by atoms with Gasteiger partial charge in [0.05, 0.1) is 10.6 Å². The number of nitrogen functional groups attached to an aromatic ring is 1. The van der Waals surface area contributed by atoms with Crippen molar-refractivity contribution in [3.05, 3.63) is 57.1 Å². The van der Waals surface area contributed by atoms with E-state index in [1.807, 2.05) is 26.0 Å². The van der Waals surface area contributed by atoms with E-state index in [9.17, 15) is 14.9 Å². The Bertz CT molecular complexity index is 981. The predicted molar refractivity (Wildman–Crippen MR) is 99.2 cm³/mol. The Morgan fingerprint density at radius 1 is 1.32 bits per heavy atom. The van der Waals surface area contributed by atoms with Crippen molar-refractivity contribution < 1.29 is 9.72 Å². The summed E-state index contributed by atoms with van der Waals surface area (Å²) in [5, 5.41) is 14.2. The van der Waals surface area contributed by atoms with Crippen molar-refractivity contribution in [2.45, 2.75) is 19.8 Å². The van der Waals surface area contributed by atoms with Crippen molar-refractivity contribution >= 4 is 44.5 Å². The third-order valence-corrected chi connectivity index (χ3v) is 4.84. The van der Waals surface area contributed by atoms with Crippen LogP contribution in [0.25, 0.3) is 10.2 Å². The summed E-state index contributed by atoms with van der Waals surface area (Å²) in [6, 6.07) is 9.53. The van der Waals surface area contributed by atoms with Crippen LogP contribution in [0.15, 0.2) is 36.4 Å². The van der Waals surface area contributed by atoms with Gasteiger partial charge in [-0.2, -0.15) is 0 Å². The summed E-state index contributed by atoms with van der Waals surface area (Å²) in [7, 11) is 0. The molecular weight excluding hydrogens is 340 g/mol. The van der Waals surface area contributed by atoms with Crippen LogP contribution in [0.1, 0.15) is 35.1 Å². The fourth-order valence-corrected chi connectivity index (χ4v) is 3.38. The highest BCUT2D eigenvalue weighted by Crippen LogP contribution is 2.34. The number of carbonyl (C=O) groups excluding carboxylic acids is 1. The Hall–Kier alpha value is -3.00. The summed E-state index contributed by atoms with van der Waals surface area (Å²) < 4.78 is 0. The van der Waals surface area contributed by atoms with Gasteiger partial charge in [0.25, 0.3) is 11.6 Å². The minimum atomic E-state index is -0.513. The fourth-order valence-electron chi connectivity index (χ4n) is 2.39. The molecule has 3 aromatic rings. The smallest absolute Gasteiger partial charge is 0.271 e. The van der Waals surface area contributed by atoms with Gasteiger partial charge in [-0.3, -0.25) is 14.9 Å². The highest BCUT2D eigenvalue weighted by molar-refractivity contribution is 7.21. The van der Waals surface area contributed by atoms with E-state index in [1.54, 1.807) is 6.07 Å². The molecule has 0 aliphatic carbocycles. The van der Waals surface area contributed by atoms with Gasteiger partial charge in [0, 0.05) is 28.9 Å². The summed E-state index contributed by atoms with van der Waals surface area (Å²) in [6.45, 7) is 4.09. The lowest BCUT2D eigenvalue weighted by Crippen LogP contribution is -2.12. The third kappa shape index (κ3) is 3.29. The number of fused-ring (bicyclic) bond motifs is 1. The van der Waals surface area contributed by atoms with Crippen LogP contribution < -0.4 is 11.1 Å². The van der Waals surface area contributed by atoms with Crippen LogP contribution in [-0.2, 0) is 0 Å². The van der Waals surface area contributed by atoms with Gasteiger partial charge in [-0.05, 0) is 24.1 Å². The number of non-ortho nitro benzene ring substituents is 1. The number of nitro groups is 1. The van der Waals surface area contributed by atoms with Crippen molar-refractivity contribution in [3.8, 4) is 0 Å². The van der Waals surface area contributed by atoms with Gasteiger partial charge >= 0.3 is 0 Å². The number of anilines is 2. The van der Waals surface area contributed by atoms with Crippen molar-refractivity contribution in [3.63, 3.8) is 0 Å². The maximum atomic E-state index is 12.5. The van der Waals surface area contributed by atoms with E-state index in [1.165, 1.54) is 29.5 Å². The van der Waals surface area contributed by atoms with Gasteiger partial charge < -0.3 is 11.1 Å². The highest BCUT2D eigenvalue weighted by atomic mass is 32.1. The molecule has 0 spiro atoms. The second-order valence-electron chi connectivity index (χ2n) is 5.85. The number of nitrogens with two attached hydrogens (primary N) is 1. The topological polar surface area (TPSA) is 111 Å². The lowest BCUT2D eigenvalue weighted by molar-refractivity contribution is -0.384. The van der Waals surface area contributed by atoms with Gasteiger partial charge in [0.15, 0.2) is 0 Å². The first kappa shape index (κ1) is 16.8. The molecule has 1 amide bonds. The number of hydrogen-bond acceptors (Lipinski definition) is 6. The molecule has 0 fully saturated rings. The number of amides is 1. The van der Waals surface area contributed by atoms with Crippen LogP contribution in [0.2, 0.25) is 0 Å². The van der Waals surface area contributed by atoms with E-state index < -0.39 is 10.8 Å². The van der Waals surface area contributed by atoms with E-state index in [0.29, 0.717) is 21.1 Å². The molecule has 3 N–H and O–H groups in total. The SMILES string of the molecule is CC(C)c1ccc2c(N)c(C(=O)Nc3cccc([N+](=O)[O-])c3)sc2n1. The molecule has 8 heteroatoms. The Kier molecular flexibility index (Phi) is 4.37. The van der Waals surface area contributed by atoms with E-state index >= 15 is 0 Å². The average Bonchev–Trinajstić information content (AvgIpc) is 2.91. The lowest BCUT2D eigenvalue weighted by Gasteiger charge is -2.04. The van der Waals surface area contributed by atoms with Crippen LogP contribution in [0.5, 0.6) is 0 Å². The maximum Gasteiger partial charge on any atom is 0.271 e. The molecule has 0 aliphatic rings. The first-order chi connectivity index (χ1) is 11.9. The summed E-state index contributed by atoms with van der Waals surface area (Å²) in [5.74, 6) is -0.137. The maximum absolute atomic E-state index is 12.5. The second kappa shape index (κ2) is 6.48. The Morgan fingerprint density at radius 2 is 2.08 bits per heavy atom. The highest BCUT2D eigenvalue weighted by Gasteiger charge is 2.19. The van der Waals surface area contributed by atoms with Crippen LogP contribution in [0.4, 0.5) is 17.1 Å². The van der Waals surface area contributed by atoms with Crippen LogP contribution in [0, 0.1) is 10.1 Å². The number of pyridine rings is 1. The minimum absolute atomic E-state index is 0.0923.